The number of hydrogen-bond donors (Lipinski definition) is 0. The molecule has 0 aliphatic carbocycles. The highest BCUT2D eigenvalue weighted by atomic mass is 32.2. The SMILES string of the molecule is Cc1ccc(S(=O)(=O)OC(C)[C]=O)cc1. The van der Waals surface area contributed by atoms with Gasteiger partial charge in [0.1, 0.15) is 6.10 Å². The summed E-state index contributed by atoms with van der Waals surface area (Å²) < 4.78 is 27.6. The number of rotatable bonds is 4. The minimum atomic E-state index is -3.85. The fraction of sp³-hybridized carbons (Fsp3) is 0.300. The van der Waals surface area contributed by atoms with Gasteiger partial charge in [0.15, 0.2) is 0 Å². The fourth-order valence-corrected chi connectivity index (χ4v) is 1.97. The van der Waals surface area contributed by atoms with Crippen LogP contribution in [0.3, 0.4) is 0 Å². The molecule has 1 aromatic carbocycles. The third-order valence-corrected chi connectivity index (χ3v) is 3.14. The van der Waals surface area contributed by atoms with Gasteiger partial charge in [-0.1, -0.05) is 17.7 Å². The molecule has 0 heterocycles. The summed E-state index contributed by atoms with van der Waals surface area (Å²) in [5.74, 6) is 0. The molecule has 0 fully saturated rings. The molecule has 0 spiro atoms. The van der Waals surface area contributed by atoms with Crippen molar-refractivity contribution in [3.8, 4) is 0 Å². The lowest BCUT2D eigenvalue weighted by Gasteiger charge is -2.06. The second-order valence-corrected chi connectivity index (χ2v) is 4.70. The van der Waals surface area contributed by atoms with Crippen LogP contribution >= 0.6 is 0 Å². The van der Waals surface area contributed by atoms with Gasteiger partial charge in [0.05, 0.1) is 4.90 Å². The monoisotopic (exact) mass is 227 g/mol. The topological polar surface area (TPSA) is 60.4 Å². The van der Waals surface area contributed by atoms with Gasteiger partial charge in [0.25, 0.3) is 10.1 Å². The Labute approximate surface area is 89.0 Å². The first-order chi connectivity index (χ1) is 6.95. The quantitative estimate of drug-likeness (QED) is 0.725. The molecule has 0 aliphatic rings. The van der Waals surface area contributed by atoms with Crippen LogP contribution in [0.25, 0.3) is 0 Å². The third-order valence-electron chi connectivity index (χ3n) is 1.75. The molecular weight excluding hydrogens is 216 g/mol. The molecule has 1 rings (SSSR count). The van der Waals surface area contributed by atoms with Crippen LogP contribution < -0.4 is 0 Å². The zero-order valence-electron chi connectivity index (χ0n) is 8.43. The van der Waals surface area contributed by atoms with Gasteiger partial charge in [-0.3, -0.25) is 8.98 Å². The molecular formula is C10H11O4S. The highest BCUT2D eigenvalue weighted by molar-refractivity contribution is 7.86. The number of benzene rings is 1. The van der Waals surface area contributed by atoms with Crippen molar-refractivity contribution in [2.75, 3.05) is 0 Å². The van der Waals surface area contributed by atoms with Gasteiger partial charge in [0, 0.05) is 0 Å². The zero-order valence-corrected chi connectivity index (χ0v) is 9.24. The Morgan fingerprint density at radius 1 is 1.27 bits per heavy atom. The molecule has 0 saturated carbocycles. The van der Waals surface area contributed by atoms with Crippen LogP contribution in [-0.2, 0) is 19.1 Å². The Hall–Kier alpha value is -1.20. The molecule has 4 nitrogen and oxygen atoms in total. The van der Waals surface area contributed by atoms with E-state index in [2.05, 4.69) is 4.18 Å². The van der Waals surface area contributed by atoms with Gasteiger partial charge in [0.2, 0.25) is 6.29 Å². The molecule has 0 bridgehead atoms. The lowest BCUT2D eigenvalue weighted by atomic mass is 10.2. The van der Waals surface area contributed by atoms with Crippen molar-refractivity contribution in [3.05, 3.63) is 29.8 Å². The molecule has 1 aromatic rings. The van der Waals surface area contributed by atoms with E-state index in [0.29, 0.717) is 0 Å². The van der Waals surface area contributed by atoms with Crippen molar-refractivity contribution < 1.29 is 17.4 Å². The van der Waals surface area contributed by atoms with Gasteiger partial charge < -0.3 is 0 Å². The summed E-state index contributed by atoms with van der Waals surface area (Å²) in [6, 6.07) is 6.18. The molecule has 0 aromatic heterocycles. The van der Waals surface area contributed by atoms with Crippen LogP contribution in [0.1, 0.15) is 12.5 Å². The highest BCUT2D eigenvalue weighted by Crippen LogP contribution is 2.14. The molecule has 0 saturated heterocycles. The van der Waals surface area contributed by atoms with E-state index in [9.17, 15) is 13.2 Å². The second kappa shape index (κ2) is 4.55. The highest BCUT2D eigenvalue weighted by Gasteiger charge is 2.18. The Balaban J connectivity index is 2.96. The lowest BCUT2D eigenvalue weighted by Crippen LogP contribution is -2.16. The molecule has 1 radical (unpaired) electrons. The van der Waals surface area contributed by atoms with Crippen LogP contribution in [0.15, 0.2) is 29.2 Å². The standard InChI is InChI=1S/C10H11O4S/c1-8-3-5-10(6-4-8)15(12,13)14-9(2)7-11/h3-6,9H,1-2H3. The van der Waals surface area contributed by atoms with Crippen molar-refractivity contribution in [1.29, 1.82) is 0 Å². The third kappa shape index (κ3) is 3.14. The fourth-order valence-electron chi connectivity index (χ4n) is 0.970. The molecule has 5 heteroatoms. The first-order valence-electron chi connectivity index (χ1n) is 4.33. The van der Waals surface area contributed by atoms with E-state index in [0.717, 1.165) is 5.56 Å². The van der Waals surface area contributed by atoms with E-state index < -0.39 is 16.2 Å². The van der Waals surface area contributed by atoms with E-state index >= 15 is 0 Å². The smallest absolute Gasteiger partial charge is 0.288 e. The zero-order chi connectivity index (χ0) is 11.5. The first-order valence-corrected chi connectivity index (χ1v) is 5.74. The Morgan fingerprint density at radius 2 is 1.80 bits per heavy atom. The van der Waals surface area contributed by atoms with Crippen molar-refractivity contribution >= 4 is 16.4 Å². The molecule has 0 aliphatic heterocycles. The summed E-state index contributed by atoms with van der Waals surface area (Å²) in [7, 11) is -3.85. The van der Waals surface area contributed by atoms with E-state index in [1.54, 1.807) is 12.1 Å². The van der Waals surface area contributed by atoms with Crippen molar-refractivity contribution in [3.63, 3.8) is 0 Å². The van der Waals surface area contributed by atoms with Crippen molar-refractivity contribution in [2.24, 2.45) is 0 Å². The molecule has 1 unspecified atom stereocenters. The minimum absolute atomic E-state index is 0.0372. The molecule has 1 atom stereocenters. The van der Waals surface area contributed by atoms with Crippen LogP contribution in [-0.4, -0.2) is 20.8 Å². The average molecular weight is 227 g/mol. The maximum atomic E-state index is 11.5. The Kier molecular flexibility index (Phi) is 3.60. The van der Waals surface area contributed by atoms with E-state index in [1.807, 2.05) is 6.92 Å². The van der Waals surface area contributed by atoms with Crippen molar-refractivity contribution in [1.82, 2.24) is 0 Å². The van der Waals surface area contributed by atoms with Crippen molar-refractivity contribution in [2.45, 2.75) is 24.8 Å². The summed E-state index contributed by atoms with van der Waals surface area (Å²) in [5, 5.41) is 0. The summed E-state index contributed by atoms with van der Waals surface area (Å²) in [4.78, 5) is 10.2. The van der Waals surface area contributed by atoms with Crippen LogP contribution in [0.4, 0.5) is 0 Å². The number of carbonyl (C=O) groups excluding carboxylic acids is 1. The maximum absolute atomic E-state index is 11.5. The van der Waals surface area contributed by atoms with Gasteiger partial charge >= 0.3 is 0 Å². The van der Waals surface area contributed by atoms with Gasteiger partial charge in [-0.05, 0) is 26.0 Å². The van der Waals surface area contributed by atoms with Gasteiger partial charge in [-0.15, -0.1) is 0 Å². The van der Waals surface area contributed by atoms with Gasteiger partial charge in [-0.2, -0.15) is 8.42 Å². The number of aryl methyl sites for hydroxylation is 1. The molecule has 81 valence electrons. The summed E-state index contributed by atoms with van der Waals surface area (Å²) in [6.45, 7) is 3.16. The summed E-state index contributed by atoms with van der Waals surface area (Å²) in [6.07, 6.45) is 0.364. The summed E-state index contributed by atoms with van der Waals surface area (Å²) in [5.41, 5.74) is 0.948. The first kappa shape index (κ1) is 11.9. The minimum Gasteiger partial charge on any atom is -0.288 e. The second-order valence-electron chi connectivity index (χ2n) is 3.12. The molecule has 15 heavy (non-hydrogen) atoms. The van der Waals surface area contributed by atoms with Gasteiger partial charge in [-0.25, -0.2) is 0 Å². The molecule has 0 N–H and O–H groups in total. The van der Waals surface area contributed by atoms with E-state index in [-0.39, 0.29) is 4.90 Å². The average Bonchev–Trinajstić information content (AvgIpc) is 2.17. The van der Waals surface area contributed by atoms with E-state index in [1.165, 1.54) is 25.3 Å². The largest absolute Gasteiger partial charge is 0.297 e. The summed E-state index contributed by atoms with van der Waals surface area (Å²) >= 11 is 0. The predicted molar refractivity (Wildman–Crippen MR) is 54.6 cm³/mol. The predicted octanol–water partition coefficient (Wildman–Crippen LogP) is 1.20. The maximum Gasteiger partial charge on any atom is 0.297 e. The lowest BCUT2D eigenvalue weighted by molar-refractivity contribution is 0.282. The Morgan fingerprint density at radius 3 is 2.27 bits per heavy atom. The van der Waals surface area contributed by atoms with Crippen LogP contribution in [0.2, 0.25) is 0 Å². The Bertz CT molecular complexity index is 433. The number of hydrogen-bond acceptors (Lipinski definition) is 4. The normalized spacial score (nSPS) is 13.5. The van der Waals surface area contributed by atoms with E-state index in [4.69, 9.17) is 0 Å². The van der Waals surface area contributed by atoms with Crippen LogP contribution in [0.5, 0.6) is 0 Å². The molecule has 0 amide bonds. The van der Waals surface area contributed by atoms with Crippen LogP contribution in [0, 0.1) is 6.92 Å².